The Labute approximate surface area is 77.4 Å². The molecule has 0 N–H and O–H groups in total. The second kappa shape index (κ2) is 3.17. The van der Waals surface area contributed by atoms with Crippen LogP contribution in [0.4, 0.5) is 0 Å². The van der Waals surface area contributed by atoms with E-state index >= 15 is 0 Å². The van der Waals surface area contributed by atoms with E-state index in [1.165, 1.54) is 5.69 Å². The lowest BCUT2D eigenvalue weighted by Crippen LogP contribution is -2.02. The Kier molecular flexibility index (Phi) is 2.00. The molecule has 0 bridgehead atoms. The van der Waals surface area contributed by atoms with E-state index in [1.807, 2.05) is 24.5 Å². The van der Waals surface area contributed by atoms with E-state index in [2.05, 4.69) is 28.4 Å². The third kappa shape index (κ3) is 1.30. The predicted octanol–water partition coefficient (Wildman–Crippen LogP) is 2.24. The average molecular weight is 175 g/mol. The molecule has 0 radical (unpaired) electrons. The highest BCUT2D eigenvalue weighted by molar-refractivity contribution is 5.38. The first-order chi connectivity index (χ1) is 6.33. The second-order valence-corrected chi connectivity index (χ2v) is 3.32. The molecule has 2 aromatic rings. The van der Waals surface area contributed by atoms with Crippen LogP contribution in [0.15, 0.2) is 24.5 Å². The summed E-state index contributed by atoms with van der Waals surface area (Å²) in [5.41, 5.74) is 2.16. The highest BCUT2D eigenvalue weighted by Gasteiger charge is 2.07. The summed E-state index contributed by atoms with van der Waals surface area (Å²) in [6, 6.07) is 3.97. The van der Waals surface area contributed by atoms with Gasteiger partial charge in [-0.1, -0.05) is 13.8 Å². The first-order valence-corrected chi connectivity index (χ1v) is 4.61. The van der Waals surface area contributed by atoms with Gasteiger partial charge >= 0.3 is 0 Å². The van der Waals surface area contributed by atoms with Gasteiger partial charge in [0.2, 0.25) is 0 Å². The summed E-state index contributed by atoms with van der Waals surface area (Å²) in [5.74, 6) is 0.533. The number of hydrogen-bond donors (Lipinski definition) is 0. The zero-order chi connectivity index (χ0) is 9.26. The molecule has 2 heterocycles. The van der Waals surface area contributed by atoms with Gasteiger partial charge in [-0.05, 0) is 24.5 Å². The van der Waals surface area contributed by atoms with Crippen LogP contribution >= 0.6 is 0 Å². The summed E-state index contributed by atoms with van der Waals surface area (Å²) in [4.78, 5) is 0. The summed E-state index contributed by atoms with van der Waals surface area (Å²) < 4.78 is 2.10. The van der Waals surface area contributed by atoms with Crippen molar-refractivity contribution in [2.45, 2.75) is 26.2 Å². The fraction of sp³-hybridized carbons (Fsp3) is 0.400. The SMILES string of the molecule is CCC(C)c1cnnc2cccn12. The molecule has 0 saturated carbocycles. The Morgan fingerprint density at radius 3 is 3.15 bits per heavy atom. The van der Waals surface area contributed by atoms with Crippen LogP contribution in [0.1, 0.15) is 31.9 Å². The molecule has 2 aromatic heterocycles. The average Bonchev–Trinajstić information content (AvgIpc) is 2.63. The minimum Gasteiger partial charge on any atom is -0.302 e. The summed E-state index contributed by atoms with van der Waals surface area (Å²) >= 11 is 0. The third-order valence-electron chi connectivity index (χ3n) is 2.47. The number of fused-ring (bicyclic) bond motifs is 1. The quantitative estimate of drug-likeness (QED) is 0.700. The molecule has 0 aliphatic carbocycles. The molecule has 1 unspecified atom stereocenters. The maximum Gasteiger partial charge on any atom is 0.159 e. The minimum atomic E-state index is 0.533. The van der Waals surface area contributed by atoms with Gasteiger partial charge in [0.05, 0.1) is 6.20 Å². The zero-order valence-corrected chi connectivity index (χ0v) is 7.94. The van der Waals surface area contributed by atoms with E-state index in [9.17, 15) is 0 Å². The van der Waals surface area contributed by atoms with Crippen LogP contribution in [0.2, 0.25) is 0 Å². The lowest BCUT2D eigenvalue weighted by molar-refractivity contribution is 0.683. The lowest BCUT2D eigenvalue weighted by atomic mass is 10.1. The Morgan fingerprint density at radius 2 is 2.38 bits per heavy atom. The first kappa shape index (κ1) is 8.23. The molecule has 2 rings (SSSR count). The van der Waals surface area contributed by atoms with Gasteiger partial charge in [0.25, 0.3) is 0 Å². The predicted molar refractivity (Wildman–Crippen MR) is 51.7 cm³/mol. The second-order valence-electron chi connectivity index (χ2n) is 3.32. The largest absolute Gasteiger partial charge is 0.302 e. The summed E-state index contributed by atoms with van der Waals surface area (Å²) in [7, 11) is 0. The number of hydrogen-bond acceptors (Lipinski definition) is 2. The van der Waals surface area contributed by atoms with Crippen molar-refractivity contribution in [2.24, 2.45) is 0 Å². The van der Waals surface area contributed by atoms with Crippen molar-refractivity contribution in [1.29, 1.82) is 0 Å². The van der Waals surface area contributed by atoms with Gasteiger partial charge in [-0.3, -0.25) is 0 Å². The molecule has 0 aliphatic heterocycles. The van der Waals surface area contributed by atoms with Crippen LogP contribution < -0.4 is 0 Å². The van der Waals surface area contributed by atoms with Crippen molar-refractivity contribution in [3.63, 3.8) is 0 Å². The van der Waals surface area contributed by atoms with Crippen molar-refractivity contribution in [1.82, 2.24) is 14.6 Å². The van der Waals surface area contributed by atoms with Gasteiger partial charge in [-0.2, -0.15) is 5.10 Å². The number of aromatic nitrogens is 3. The first-order valence-electron chi connectivity index (χ1n) is 4.61. The van der Waals surface area contributed by atoms with Gasteiger partial charge < -0.3 is 4.40 Å². The zero-order valence-electron chi connectivity index (χ0n) is 7.94. The van der Waals surface area contributed by atoms with E-state index in [0.29, 0.717) is 5.92 Å². The lowest BCUT2D eigenvalue weighted by Gasteiger charge is -2.10. The topological polar surface area (TPSA) is 30.2 Å². The van der Waals surface area contributed by atoms with Crippen molar-refractivity contribution in [3.05, 3.63) is 30.2 Å². The standard InChI is InChI=1S/C10H13N3/c1-3-8(2)9-7-11-12-10-5-4-6-13(9)10/h4-8H,3H2,1-2H3. The Hall–Kier alpha value is -1.38. The van der Waals surface area contributed by atoms with Crippen LogP contribution in [-0.2, 0) is 0 Å². The van der Waals surface area contributed by atoms with Gasteiger partial charge in [0.15, 0.2) is 5.65 Å². The molecule has 3 nitrogen and oxygen atoms in total. The molecule has 0 saturated heterocycles. The molecule has 0 aliphatic rings. The van der Waals surface area contributed by atoms with E-state index in [-0.39, 0.29) is 0 Å². The van der Waals surface area contributed by atoms with Crippen LogP contribution in [-0.4, -0.2) is 14.6 Å². The molecule has 1 atom stereocenters. The van der Waals surface area contributed by atoms with Gasteiger partial charge in [0.1, 0.15) is 0 Å². The van der Waals surface area contributed by atoms with Crippen molar-refractivity contribution < 1.29 is 0 Å². The minimum absolute atomic E-state index is 0.533. The van der Waals surface area contributed by atoms with Crippen molar-refractivity contribution in [3.8, 4) is 0 Å². The van der Waals surface area contributed by atoms with Crippen LogP contribution in [0, 0.1) is 0 Å². The Balaban J connectivity index is 2.60. The molecule has 0 spiro atoms. The van der Waals surface area contributed by atoms with Gasteiger partial charge in [-0.25, -0.2) is 0 Å². The van der Waals surface area contributed by atoms with E-state index < -0.39 is 0 Å². The van der Waals surface area contributed by atoms with E-state index in [4.69, 9.17) is 0 Å². The molecule has 68 valence electrons. The molecular formula is C10H13N3. The molecular weight excluding hydrogens is 162 g/mol. The summed E-state index contributed by atoms with van der Waals surface area (Å²) in [6.07, 6.45) is 5.01. The summed E-state index contributed by atoms with van der Waals surface area (Å²) in [6.45, 7) is 4.39. The molecule has 13 heavy (non-hydrogen) atoms. The smallest absolute Gasteiger partial charge is 0.159 e. The molecule has 3 heteroatoms. The Bertz CT molecular complexity index is 405. The molecule has 0 aromatic carbocycles. The normalized spacial score (nSPS) is 13.4. The van der Waals surface area contributed by atoms with Gasteiger partial charge in [-0.15, -0.1) is 5.10 Å². The third-order valence-corrected chi connectivity index (χ3v) is 2.47. The van der Waals surface area contributed by atoms with Crippen LogP contribution in [0.5, 0.6) is 0 Å². The number of nitrogens with zero attached hydrogens (tertiary/aromatic N) is 3. The van der Waals surface area contributed by atoms with Crippen molar-refractivity contribution >= 4 is 5.65 Å². The van der Waals surface area contributed by atoms with Crippen molar-refractivity contribution in [2.75, 3.05) is 0 Å². The fourth-order valence-electron chi connectivity index (χ4n) is 1.45. The maximum absolute atomic E-state index is 4.03. The fourth-order valence-corrected chi connectivity index (χ4v) is 1.45. The monoisotopic (exact) mass is 175 g/mol. The van der Waals surface area contributed by atoms with Crippen LogP contribution in [0.25, 0.3) is 5.65 Å². The highest BCUT2D eigenvalue weighted by Crippen LogP contribution is 2.17. The maximum atomic E-state index is 4.03. The molecule has 0 amide bonds. The summed E-state index contributed by atoms with van der Waals surface area (Å²) in [5, 5.41) is 8.01. The van der Waals surface area contributed by atoms with E-state index in [1.54, 1.807) is 0 Å². The highest BCUT2D eigenvalue weighted by atomic mass is 15.2. The van der Waals surface area contributed by atoms with Crippen LogP contribution in [0.3, 0.4) is 0 Å². The van der Waals surface area contributed by atoms with E-state index in [0.717, 1.165) is 12.1 Å². The van der Waals surface area contributed by atoms with Gasteiger partial charge in [0, 0.05) is 11.9 Å². The Morgan fingerprint density at radius 1 is 1.54 bits per heavy atom. The molecule has 0 fully saturated rings. The number of rotatable bonds is 2.